The molecule has 0 aromatic rings. The molecule has 1 saturated carbocycles. The zero-order chi connectivity index (χ0) is 16.0. The van der Waals surface area contributed by atoms with E-state index in [1.807, 2.05) is 0 Å². The topological polar surface area (TPSA) is 69.6 Å². The van der Waals surface area contributed by atoms with Crippen molar-refractivity contribution in [3.05, 3.63) is 0 Å². The number of nitrogens with one attached hydrogen (secondary N) is 1. The van der Waals surface area contributed by atoms with Gasteiger partial charge in [0.05, 0.1) is 0 Å². The summed E-state index contributed by atoms with van der Waals surface area (Å²) in [5, 5.41) is 12.1. The van der Waals surface area contributed by atoms with Gasteiger partial charge in [0.25, 0.3) is 0 Å². The Morgan fingerprint density at radius 1 is 1.24 bits per heavy atom. The maximum absolute atomic E-state index is 12.2. The number of hydrogen-bond donors (Lipinski definition) is 2. The van der Waals surface area contributed by atoms with Gasteiger partial charge in [-0.3, -0.25) is 0 Å². The van der Waals surface area contributed by atoms with Crippen molar-refractivity contribution in [1.82, 2.24) is 10.2 Å². The van der Waals surface area contributed by atoms with Crippen molar-refractivity contribution in [1.29, 1.82) is 0 Å². The first-order valence-electron chi connectivity index (χ1n) is 8.07. The number of hydrogen-bond acceptors (Lipinski definition) is 2. The lowest BCUT2D eigenvalue weighted by Crippen LogP contribution is -2.56. The van der Waals surface area contributed by atoms with Crippen LogP contribution in [0, 0.1) is 11.8 Å². The van der Waals surface area contributed by atoms with Crippen LogP contribution in [0.2, 0.25) is 0 Å². The van der Waals surface area contributed by atoms with Gasteiger partial charge in [-0.15, -0.1) is 0 Å². The second kappa shape index (κ2) is 7.66. The maximum atomic E-state index is 12.2. The predicted molar refractivity (Wildman–Crippen MR) is 83.2 cm³/mol. The standard InChI is InChI=1S/C16H30N2O3/c1-5-18(16(3,4)14(19)20)15(21)17-11-10-13-8-6-12(2)7-9-13/h12-13H,5-11H2,1-4H3,(H,17,21)(H,19,20). The van der Waals surface area contributed by atoms with Gasteiger partial charge in [-0.05, 0) is 39.0 Å². The zero-order valence-electron chi connectivity index (χ0n) is 13.8. The van der Waals surface area contributed by atoms with Gasteiger partial charge < -0.3 is 15.3 Å². The monoisotopic (exact) mass is 298 g/mol. The average Bonchev–Trinajstić information content (AvgIpc) is 2.41. The molecule has 2 N–H and O–H groups in total. The highest BCUT2D eigenvalue weighted by molar-refractivity contribution is 5.85. The Hall–Kier alpha value is -1.26. The number of carboxylic acids is 1. The van der Waals surface area contributed by atoms with Gasteiger partial charge >= 0.3 is 12.0 Å². The quantitative estimate of drug-likeness (QED) is 0.791. The molecule has 0 radical (unpaired) electrons. The van der Waals surface area contributed by atoms with Gasteiger partial charge in [0, 0.05) is 13.1 Å². The van der Waals surface area contributed by atoms with E-state index in [2.05, 4.69) is 12.2 Å². The number of nitrogens with zero attached hydrogens (tertiary/aromatic N) is 1. The van der Waals surface area contributed by atoms with Gasteiger partial charge in [-0.2, -0.15) is 0 Å². The molecule has 2 amide bonds. The van der Waals surface area contributed by atoms with Crippen LogP contribution in [0.25, 0.3) is 0 Å². The average molecular weight is 298 g/mol. The summed E-state index contributed by atoms with van der Waals surface area (Å²) in [4.78, 5) is 24.8. The molecule has 0 spiro atoms. The van der Waals surface area contributed by atoms with Crippen molar-refractivity contribution >= 4 is 12.0 Å². The van der Waals surface area contributed by atoms with Crippen molar-refractivity contribution in [3.8, 4) is 0 Å². The molecule has 0 aliphatic heterocycles. The van der Waals surface area contributed by atoms with Crippen molar-refractivity contribution in [2.24, 2.45) is 11.8 Å². The number of rotatable bonds is 6. The van der Waals surface area contributed by atoms with Crippen LogP contribution < -0.4 is 5.32 Å². The molecular formula is C16H30N2O3. The van der Waals surface area contributed by atoms with Gasteiger partial charge in [0.2, 0.25) is 0 Å². The SMILES string of the molecule is CCN(C(=O)NCCC1CCC(C)CC1)C(C)(C)C(=O)O. The Morgan fingerprint density at radius 3 is 2.29 bits per heavy atom. The molecule has 0 heterocycles. The third kappa shape index (κ3) is 4.90. The predicted octanol–water partition coefficient (Wildman–Crippen LogP) is 3.10. The van der Waals surface area contributed by atoms with Crippen molar-refractivity contribution in [2.45, 2.75) is 65.3 Å². The first-order valence-corrected chi connectivity index (χ1v) is 8.07. The van der Waals surface area contributed by atoms with E-state index in [1.54, 1.807) is 20.8 Å². The molecule has 1 fully saturated rings. The molecule has 0 unspecified atom stereocenters. The molecule has 122 valence electrons. The van der Waals surface area contributed by atoms with Crippen molar-refractivity contribution < 1.29 is 14.7 Å². The second-order valence-corrected chi connectivity index (χ2v) is 6.75. The maximum Gasteiger partial charge on any atom is 0.329 e. The molecule has 0 atom stereocenters. The number of likely N-dealkylation sites (N-methyl/N-ethyl adjacent to an activating group) is 1. The number of carbonyl (C=O) groups excluding carboxylic acids is 1. The molecule has 1 aliphatic rings. The highest BCUT2D eigenvalue weighted by Crippen LogP contribution is 2.29. The van der Waals surface area contributed by atoms with E-state index < -0.39 is 11.5 Å². The van der Waals surface area contributed by atoms with E-state index in [-0.39, 0.29) is 6.03 Å². The summed E-state index contributed by atoms with van der Waals surface area (Å²) < 4.78 is 0. The smallest absolute Gasteiger partial charge is 0.329 e. The fraction of sp³-hybridized carbons (Fsp3) is 0.875. The first kappa shape index (κ1) is 17.8. The number of amides is 2. The number of urea groups is 1. The van der Waals surface area contributed by atoms with Crippen molar-refractivity contribution in [2.75, 3.05) is 13.1 Å². The third-order valence-corrected chi connectivity index (χ3v) is 4.72. The first-order chi connectivity index (χ1) is 9.78. The summed E-state index contributed by atoms with van der Waals surface area (Å²) in [5.41, 5.74) is -1.18. The Bertz CT molecular complexity index is 361. The molecule has 0 aromatic heterocycles. The van der Waals surface area contributed by atoms with E-state index in [0.717, 1.165) is 12.3 Å². The summed E-state index contributed by atoms with van der Waals surface area (Å²) in [5.74, 6) is 0.549. The van der Waals surface area contributed by atoms with Gasteiger partial charge in [-0.25, -0.2) is 9.59 Å². The summed E-state index contributed by atoms with van der Waals surface area (Å²) in [6.45, 7) is 8.22. The second-order valence-electron chi connectivity index (χ2n) is 6.75. The largest absolute Gasteiger partial charge is 0.480 e. The summed E-state index contributed by atoms with van der Waals surface area (Å²) in [6.07, 6.45) is 6.05. The third-order valence-electron chi connectivity index (χ3n) is 4.72. The van der Waals surface area contributed by atoms with Crippen LogP contribution in [0.1, 0.15) is 59.8 Å². The minimum absolute atomic E-state index is 0.283. The number of carbonyl (C=O) groups is 2. The fourth-order valence-corrected chi connectivity index (χ4v) is 3.00. The lowest BCUT2D eigenvalue weighted by atomic mass is 9.81. The molecule has 1 aliphatic carbocycles. The summed E-state index contributed by atoms with van der Waals surface area (Å²) in [6, 6.07) is -0.283. The van der Waals surface area contributed by atoms with Crippen LogP contribution in [-0.4, -0.2) is 40.6 Å². The molecule has 21 heavy (non-hydrogen) atoms. The molecule has 5 heteroatoms. The van der Waals surface area contributed by atoms with E-state index in [0.29, 0.717) is 19.0 Å². The van der Waals surface area contributed by atoms with E-state index in [1.165, 1.54) is 30.6 Å². The normalized spacial score (nSPS) is 22.7. The van der Waals surface area contributed by atoms with Crippen LogP contribution in [0.3, 0.4) is 0 Å². The molecular weight excluding hydrogens is 268 g/mol. The lowest BCUT2D eigenvalue weighted by Gasteiger charge is -2.34. The molecule has 0 aromatic carbocycles. The molecule has 0 bridgehead atoms. The molecule has 0 saturated heterocycles. The number of carboxylic acid groups (broad SMARTS) is 1. The Labute approximate surface area is 128 Å². The highest BCUT2D eigenvalue weighted by Gasteiger charge is 2.36. The van der Waals surface area contributed by atoms with Crippen LogP contribution in [-0.2, 0) is 4.79 Å². The summed E-state index contributed by atoms with van der Waals surface area (Å²) in [7, 11) is 0. The van der Waals surface area contributed by atoms with Gasteiger partial charge in [-0.1, -0.05) is 32.6 Å². The lowest BCUT2D eigenvalue weighted by molar-refractivity contribution is -0.147. The Morgan fingerprint density at radius 2 is 1.81 bits per heavy atom. The van der Waals surface area contributed by atoms with Crippen LogP contribution in [0.15, 0.2) is 0 Å². The number of aliphatic carboxylic acids is 1. The Kier molecular flexibility index (Phi) is 6.49. The highest BCUT2D eigenvalue weighted by atomic mass is 16.4. The van der Waals surface area contributed by atoms with Crippen molar-refractivity contribution in [3.63, 3.8) is 0 Å². The van der Waals surface area contributed by atoms with Gasteiger partial charge in [0.15, 0.2) is 0 Å². The fourth-order valence-electron chi connectivity index (χ4n) is 3.00. The van der Waals surface area contributed by atoms with E-state index in [4.69, 9.17) is 0 Å². The minimum Gasteiger partial charge on any atom is -0.480 e. The van der Waals surface area contributed by atoms with Crippen LogP contribution in [0.5, 0.6) is 0 Å². The molecule has 1 rings (SSSR count). The zero-order valence-corrected chi connectivity index (χ0v) is 13.8. The minimum atomic E-state index is -1.18. The Balaban J connectivity index is 2.40. The van der Waals surface area contributed by atoms with E-state index >= 15 is 0 Å². The molecule has 5 nitrogen and oxygen atoms in total. The summed E-state index contributed by atoms with van der Waals surface area (Å²) >= 11 is 0. The van der Waals surface area contributed by atoms with Crippen LogP contribution in [0.4, 0.5) is 4.79 Å². The van der Waals surface area contributed by atoms with Crippen LogP contribution >= 0.6 is 0 Å². The van der Waals surface area contributed by atoms with E-state index in [9.17, 15) is 14.7 Å². The van der Waals surface area contributed by atoms with Gasteiger partial charge in [0.1, 0.15) is 5.54 Å².